The van der Waals surface area contributed by atoms with Crippen molar-refractivity contribution in [2.45, 2.75) is 25.4 Å². The van der Waals surface area contributed by atoms with Crippen LogP contribution in [0, 0.1) is 0 Å². The molecule has 1 aromatic carbocycles. The predicted octanol–water partition coefficient (Wildman–Crippen LogP) is 1.51. The van der Waals surface area contributed by atoms with Crippen molar-refractivity contribution in [2.75, 3.05) is 0 Å². The van der Waals surface area contributed by atoms with Gasteiger partial charge in [0.15, 0.2) is 0 Å². The van der Waals surface area contributed by atoms with Gasteiger partial charge in [0.1, 0.15) is 5.82 Å². The molecule has 4 N–H and O–H groups in total. The highest BCUT2D eigenvalue weighted by Gasteiger charge is 2.08. The lowest BCUT2D eigenvalue weighted by Crippen LogP contribution is -2.24. The predicted molar refractivity (Wildman–Crippen MR) is 73.0 cm³/mol. The quantitative estimate of drug-likeness (QED) is 0.734. The van der Waals surface area contributed by atoms with E-state index < -0.39 is 0 Å². The van der Waals surface area contributed by atoms with Crippen LogP contribution in [0.5, 0.6) is 0 Å². The van der Waals surface area contributed by atoms with E-state index >= 15 is 0 Å². The average molecular weight is 258 g/mol. The molecule has 0 saturated heterocycles. The largest absolute Gasteiger partial charge is 0.349 e. The van der Waals surface area contributed by atoms with E-state index in [-0.39, 0.29) is 11.9 Å². The molecule has 1 atom stereocenters. The fourth-order valence-corrected chi connectivity index (χ4v) is 1.82. The van der Waals surface area contributed by atoms with Crippen LogP contribution in [-0.4, -0.2) is 15.9 Å². The second kappa shape index (κ2) is 6.70. The number of carbonyl (C=O) groups is 1. The second-order valence-corrected chi connectivity index (χ2v) is 4.37. The van der Waals surface area contributed by atoms with Crippen LogP contribution in [-0.2, 0) is 11.3 Å². The van der Waals surface area contributed by atoms with E-state index in [1.807, 2.05) is 30.3 Å². The van der Waals surface area contributed by atoms with Crippen LogP contribution in [0.4, 0.5) is 0 Å². The first-order valence-corrected chi connectivity index (χ1v) is 6.31. The molecule has 5 heteroatoms. The van der Waals surface area contributed by atoms with Gasteiger partial charge >= 0.3 is 0 Å². The van der Waals surface area contributed by atoms with Gasteiger partial charge in [-0.1, -0.05) is 30.3 Å². The molecule has 2 rings (SSSR count). The number of aromatic amines is 1. The third-order valence-corrected chi connectivity index (χ3v) is 2.92. The summed E-state index contributed by atoms with van der Waals surface area (Å²) in [4.78, 5) is 18.6. The number of H-pyrrole nitrogens is 1. The zero-order chi connectivity index (χ0) is 13.5. The van der Waals surface area contributed by atoms with Crippen LogP contribution in [0.1, 0.15) is 30.3 Å². The number of amides is 1. The van der Waals surface area contributed by atoms with Crippen molar-refractivity contribution in [2.24, 2.45) is 5.73 Å². The Balaban J connectivity index is 1.71. The Bertz CT molecular complexity index is 495. The Kier molecular flexibility index (Phi) is 4.69. The Morgan fingerprint density at radius 1 is 1.37 bits per heavy atom. The molecule has 2 aromatic rings. The monoisotopic (exact) mass is 258 g/mol. The van der Waals surface area contributed by atoms with E-state index in [1.165, 1.54) is 0 Å². The van der Waals surface area contributed by atoms with E-state index in [2.05, 4.69) is 15.3 Å². The third kappa shape index (κ3) is 4.22. The zero-order valence-corrected chi connectivity index (χ0v) is 10.7. The lowest BCUT2D eigenvalue weighted by molar-refractivity contribution is -0.121. The molecule has 100 valence electrons. The normalized spacial score (nSPS) is 12.1. The lowest BCUT2D eigenvalue weighted by Gasteiger charge is -2.11. The number of carbonyl (C=O) groups excluding carboxylic acids is 1. The molecule has 0 radical (unpaired) electrons. The van der Waals surface area contributed by atoms with Crippen LogP contribution in [0.25, 0.3) is 0 Å². The summed E-state index contributed by atoms with van der Waals surface area (Å²) < 4.78 is 0. The van der Waals surface area contributed by atoms with Crippen LogP contribution in [0.15, 0.2) is 42.7 Å². The summed E-state index contributed by atoms with van der Waals surface area (Å²) in [6.07, 6.45) is 4.43. The molecule has 19 heavy (non-hydrogen) atoms. The molecule has 0 saturated carbocycles. The minimum atomic E-state index is -0.101. The Hall–Kier alpha value is -2.14. The molecular weight excluding hydrogens is 240 g/mol. The second-order valence-electron chi connectivity index (χ2n) is 4.37. The molecule has 0 aliphatic carbocycles. The van der Waals surface area contributed by atoms with Gasteiger partial charge in [-0.25, -0.2) is 4.98 Å². The first kappa shape index (κ1) is 13.3. The fourth-order valence-electron chi connectivity index (χ4n) is 1.82. The third-order valence-electron chi connectivity index (χ3n) is 2.92. The minimum absolute atomic E-state index is 0.0113. The van der Waals surface area contributed by atoms with Crippen molar-refractivity contribution in [1.82, 2.24) is 15.3 Å². The molecular formula is C14H18N4O. The number of aromatic nitrogens is 2. The van der Waals surface area contributed by atoms with Crippen molar-refractivity contribution >= 4 is 5.91 Å². The van der Waals surface area contributed by atoms with Gasteiger partial charge < -0.3 is 16.0 Å². The number of nitrogens with two attached hydrogens (primary N) is 1. The summed E-state index contributed by atoms with van der Waals surface area (Å²) in [5.41, 5.74) is 7.09. The highest BCUT2D eigenvalue weighted by atomic mass is 16.1. The molecule has 0 bridgehead atoms. The maximum absolute atomic E-state index is 11.7. The summed E-state index contributed by atoms with van der Waals surface area (Å²) in [6.45, 7) is 0.423. The Morgan fingerprint density at radius 2 is 2.16 bits per heavy atom. The standard InChI is InChI=1S/C14H18N4O/c15-12(11-4-2-1-3-5-11)6-7-14(19)18-10-13-16-8-9-17-13/h1-5,8-9,12H,6-7,10,15H2,(H,16,17)(H,18,19). The van der Waals surface area contributed by atoms with Gasteiger partial charge in [0.25, 0.3) is 0 Å². The van der Waals surface area contributed by atoms with Crippen molar-refractivity contribution in [3.8, 4) is 0 Å². The maximum Gasteiger partial charge on any atom is 0.220 e. The van der Waals surface area contributed by atoms with E-state index in [9.17, 15) is 4.79 Å². The van der Waals surface area contributed by atoms with Crippen LogP contribution in [0.2, 0.25) is 0 Å². The molecule has 1 unspecified atom stereocenters. The highest BCUT2D eigenvalue weighted by Crippen LogP contribution is 2.14. The van der Waals surface area contributed by atoms with E-state index in [4.69, 9.17) is 5.73 Å². The van der Waals surface area contributed by atoms with Gasteiger partial charge in [0.05, 0.1) is 6.54 Å². The summed E-state index contributed by atoms with van der Waals surface area (Å²) >= 11 is 0. The molecule has 0 fully saturated rings. The lowest BCUT2D eigenvalue weighted by atomic mass is 10.0. The number of rotatable bonds is 6. The summed E-state index contributed by atoms with van der Waals surface area (Å²) in [7, 11) is 0. The molecule has 5 nitrogen and oxygen atoms in total. The van der Waals surface area contributed by atoms with Crippen molar-refractivity contribution in [3.05, 3.63) is 54.1 Å². The molecule has 0 aliphatic heterocycles. The number of hydrogen-bond donors (Lipinski definition) is 3. The number of benzene rings is 1. The number of imidazole rings is 1. The summed E-state index contributed by atoms with van der Waals surface area (Å²) in [6, 6.07) is 9.71. The maximum atomic E-state index is 11.7. The molecule has 1 heterocycles. The Morgan fingerprint density at radius 3 is 2.84 bits per heavy atom. The zero-order valence-electron chi connectivity index (χ0n) is 10.7. The van der Waals surface area contributed by atoms with E-state index in [0.717, 1.165) is 11.4 Å². The van der Waals surface area contributed by atoms with E-state index in [1.54, 1.807) is 12.4 Å². The topological polar surface area (TPSA) is 83.8 Å². The summed E-state index contributed by atoms with van der Waals surface area (Å²) in [5, 5.41) is 2.80. The van der Waals surface area contributed by atoms with Crippen LogP contribution < -0.4 is 11.1 Å². The van der Waals surface area contributed by atoms with Gasteiger partial charge in [-0.05, 0) is 12.0 Å². The van der Waals surface area contributed by atoms with Crippen LogP contribution >= 0.6 is 0 Å². The minimum Gasteiger partial charge on any atom is -0.349 e. The number of nitrogens with one attached hydrogen (secondary N) is 2. The van der Waals surface area contributed by atoms with Crippen molar-refractivity contribution in [1.29, 1.82) is 0 Å². The van der Waals surface area contributed by atoms with E-state index in [0.29, 0.717) is 19.4 Å². The van der Waals surface area contributed by atoms with Gasteiger partial charge in [-0.15, -0.1) is 0 Å². The summed E-state index contributed by atoms with van der Waals surface area (Å²) in [5.74, 6) is 0.739. The first-order valence-electron chi connectivity index (χ1n) is 6.31. The number of nitrogens with zero attached hydrogens (tertiary/aromatic N) is 1. The van der Waals surface area contributed by atoms with Crippen molar-refractivity contribution < 1.29 is 4.79 Å². The average Bonchev–Trinajstić information content (AvgIpc) is 2.96. The van der Waals surface area contributed by atoms with Gasteiger partial charge in [0.2, 0.25) is 5.91 Å². The molecule has 0 spiro atoms. The number of hydrogen-bond acceptors (Lipinski definition) is 3. The van der Waals surface area contributed by atoms with Crippen molar-refractivity contribution in [3.63, 3.8) is 0 Å². The molecule has 0 aliphatic rings. The Labute approximate surface area is 112 Å². The van der Waals surface area contributed by atoms with Gasteiger partial charge in [0, 0.05) is 24.9 Å². The van der Waals surface area contributed by atoms with Gasteiger partial charge in [-0.3, -0.25) is 4.79 Å². The van der Waals surface area contributed by atoms with Gasteiger partial charge in [-0.2, -0.15) is 0 Å². The fraction of sp³-hybridized carbons (Fsp3) is 0.286. The highest BCUT2D eigenvalue weighted by molar-refractivity contribution is 5.75. The molecule has 1 amide bonds. The van der Waals surface area contributed by atoms with Crippen LogP contribution in [0.3, 0.4) is 0 Å². The first-order chi connectivity index (χ1) is 9.25. The molecule has 1 aromatic heterocycles. The smallest absolute Gasteiger partial charge is 0.220 e. The SMILES string of the molecule is NC(CCC(=O)NCc1ncc[nH]1)c1ccccc1.